The van der Waals surface area contributed by atoms with Gasteiger partial charge in [0.2, 0.25) is 5.91 Å². The Morgan fingerprint density at radius 3 is 2.34 bits per heavy atom. The molecule has 3 aromatic carbocycles. The van der Waals surface area contributed by atoms with Crippen LogP contribution in [0.5, 0.6) is 11.5 Å². The third-order valence-electron chi connectivity index (χ3n) is 4.60. The van der Waals surface area contributed by atoms with Crippen LogP contribution in [0, 0.1) is 6.92 Å². The summed E-state index contributed by atoms with van der Waals surface area (Å²) >= 11 is 0. The SMILES string of the molecule is CC(=O)Nc1cccc(Oc2ccc3c(c2)C(=O)N(c2ccccc2C)C3=O)c1. The first-order valence-corrected chi connectivity index (χ1v) is 9.08. The van der Waals surface area contributed by atoms with Gasteiger partial charge in [0.25, 0.3) is 11.8 Å². The predicted octanol–water partition coefficient (Wildman–Crippen LogP) is 4.55. The van der Waals surface area contributed by atoms with E-state index in [1.54, 1.807) is 54.6 Å². The molecule has 3 amide bonds. The van der Waals surface area contributed by atoms with Crippen molar-refractivity contribution in [3.05, 3.63) is 83.4 Å². The minimum Gasteiger partial charge on any atom is -0.457 e. The van der Waals surface area contributed by atoms with Crippen LogP contribution < -0.4 is 15.0 Å². The van der Waals surface area contributed by atoms with Gasteiger partial charge in [0, 0.05) is 18.7 Å². The number of para-hydroxylation sites is 1. The van der Waals surface area contributed by atoms with Gasteiger partial charge in [-0.15, -0.1) is 0 Å². The molecule has 0 aromatic heterocycles. The lowest BCUT2D eigenvalue weighted by molar-refractivity contribution is -0.114. The summed E-state index contributed by atoms with van der Waals surface area (Å²) in [5, 5.41) is 2.69. The Balaban J connectivity index is 1.63. The molecular formula is C23H18N2O4. The number of amides is 3. The molecule has 1 aliphatic rings. The Bertz CT molecular complexity index is 1150. The van der Waals surface area contributed by atoms with Crippen molar-refractivity contribution in [3.63, 3.8) is 0 Å². The van der Waals surface area contributed by atoms with Crippen molar-refractivity contribution >= 4 is 29.1 Å². The molecule has 0 saturated heterocycles. The van der Waals surface area contributed by atoms with Crippen LogP contribution in [-0.2, 0) is 4.79 Å². The van der Waals surface area contributed by atoms with Crippen molar-refractivity contribution in [3.8, 4) is 11.5 Å². The smallest absolute Gasteiger partial charge is 0.266 e. The Kier molecular flexibility index (Phi) is 4.60. The van der Waals surface area contributed by atoms with Crippen LogP contribution in [0.15, 0.2) is 66.7 Å². The number of hydrogen-bond acceptors (Lipinski definition) is 4. The van der Waals surface area contributed by atoms with E-state index in [-0.39, 0.29) is 17.7 Å². The molecule has 0 spiro atoms. The molecule has 0 bridgehead atoms. The molecule has 0 atom stereocenters. The van der Waals surface area contributed by atoms with Gasteiger partial charge in [-0.05, 0) is 48.9 Å². The number of anilines is 2. The third kappa shape index (κ3) is 3.48. The fourth-order valence-electron chi connectivity index (χ4n) is 3.29. The Morgan fingerprint density at radius 1 is 0.862 bits per heavy atom. The second-order valence-electron chi connectivity index (χ2n) is 6.75. The quantitative estimate of drug-likeness (QED) is 0.668. The summed E-state index contributed by atoms with van der Waals surface area (Å²) in [7, 11) is 0. The molecule has 1 aliphatic heterocycles. The molecule has 29 heavy (non-hydrogen) atoms. The maximum Gasteiger partial charge on any atom is 0.266 e. The number of ether oxygens (including phenoxy) is 1. The van der Waals surface area contributed by atoms with Gasteiger partial charge < -0.3 is 10.1 Å². The first-order valence-electron chi connectivity index (χ1n) is 9.08. The average molecular weight is 386 g/mol. The first-order chi connectivity index (χ1) is 13.9. The summed E-state index contributed by atoms with van der Waals surface area (Å²) in [4.78, 5) is 38.2. The van der Waals surface area contributed by atoms with Crippen LogP contribution in [0.3, 0.4) is 0 Å². The predicted molar refractivity (Wildman–Crippen MR) is 110 cm³/mol. The zero-order valence-electron chi connectivity index (χ0n) is 15.9. The van der Waals surface area contributed by atoms with Crippen LogP contribution in [0.1, 0.15) is 33.2 Å². The minimum atomic E-state index is -0.378. The lowest BCUT2D eigenvalue weighted by atomic mass is 10.1. The van der Waals surface area contributed by atoms with Crippen molar-refractivity contribution in [2.75, 3.05) is 10.2 Å². The van der Waals surface area contributed by atoms with Gasteiger partial charge in [0.05, 0.1) is 16.8 Å². The van der Waals surface area contributed by atoms with E-state index in [0.29, 0.717) is 34.0 Å². The maximum absolute atomic E-state index is 12.9. The normalized spacial score (nSPS) is 12.7. The fraction of sp³-hybridized carbons (Fsp3) is 0.0870. The van der Waals surface area contributed by atoms with Crippen molar-refractivity contribution < 1.29 is 19.1 Å². The van der Waals surface area contributed by atoms with Gasteiger partial charge in [-0.25, -0.2) is 4.90 Å². The van der Waals surface area contributed by atoms with Crippen LogP contribution >= 0.6 is 0 Å². The zero-order valence-corrected chi connectivity index (χ0v) is 15.9. The van der Waals surface area contributed by atoms with Gasteiger partial charge in [0.1, 0.15) is 11.5 Å². The molecule has 1 N–H and O–H groups in total. The Labute approximate surface area is 167 Å². The summed E-state index contributed by atoms with van der Waals surface area (Å²) in [5.74, 6) is 0.0237. The Morgan fingerprint density at radius 2 is 1.59 bits per heavy atom. The molecule has 6 heteroatoms. The monoisotopic (exact) mass is 386 g/mol. The highest BCUT2D eigenvalue weighted by atomic mass is 16.5. The number of imide groups is 1. The molecule has 0 radical (unpaired) electrons. The molecule has 0 aliphatic carbocycles. The summed E-state index contributed by atoms with van der Waals surface area (Å²) in [6.07, 6.45) is 0. The standard InChI is InChI=1S/C23H18N2O4/c1-14-6-3-4-9-21(14)25-22(27)19-11-10-18(13-20(19)23(25)28)29-17-8-5-7-16(12-17)24-15(2)26/h3-13H,1-2H3,(H,24,26). The number of rotatable bonds is 4. The second kappa shape index (κ2) is 7.24. The van der Waals surface area contributed by atoms with Crippen molar-refractivity contribution in [1.82, 2.24) is 0 Å². The number of carbonyl (C=O) groups is 3. The van der Waals surface area contributed by atoms with E-state index < -0.39 is 0 Å². The summed E-state index contributed by atoms with van der Waals surface area (Å²) in [6, 6.07) is 19.0. The van der Waals surface area contributed by atoms with Crippen LogP contribution in [0.4, 0.5) is 11.4 Å². The number of fused-ring (bicyclic) bond motifs is 1. The lowest BCUT2D eigenvalue weighted by Crippen LogP contribution is -2.29. The second-order valence-corrected chi connectivity index (χ2v) is 6.75. The summed E-state index contributed by atoms with van der Waals surface area (Å²) < 4.78 is 5.84. The molecular weight excluding hydrogens is 368 g/mol. The van der Waals surface area contributed by atoms with Crippen molar-refractivity contribution in [2.45, 2.75) is 13.8 Å². The van der Waals surface area contributed by atoms with Gasteiger partial charge in [-0.2, -0.15) is 0 Å². The summed E-state index contributed by atoms with van der Waals surface area (Å²) in [5.41, 5.74) is 2.66. The highest BCUT2D eigenvalue weighted by Crippen LogP contribution is 2.33. The van der Waals surface area contributed by atoms with Gasteiger partial charge in [-0.3, -0.25) is 14.4 Å². The van der Waals surface area contributed by atoms with E-state index in [1.165, 1.54) is 11.8 Å². The highest BCUT2D eigenvalue weighted by molar-refractivity contribution is 6.34. The number of hydrogen-bond donors (Lipinski definition) is 1. The topological polar surface area (TPSA) is 75.7 Å². The molecule has 6 nitrogen and oxygen atoms in total. The highest BCUT2D eigenvalue weighted by Gasteiger charge is 2.37. The van der Waals surface area contributed by atoms with E-state index in [0.717, 1.165) is 5.56 Å². The average Bonchev–Trinajstić information content (AvgIpc) is 2.92. The molecule has 3 aromatic rings. The largest absolute Gasteiger partial charge is 0.457 e. The Hall–Kier alpha value is -3.93. The fourth-order valence-corrected chi connectivity index (χ4v) is 3.29. The van der Waals surface area contributed by atoms with E-state index >= 15 is 0 Å². The summed E-state index contributed by atoms with van der Waals surface area (Å²) in [6.45, 7) is 3.28. The number of aryl methyl sites for hydroxylation is 1. The lowest BCUT2D eigenvalue weighted by Gasteiger charge is -2.16. The molecule has 1 heterocycles. The first kappa shape index (κ1) is 18.4. The maximum atomic E-state index is 12.9. The van der Waals surface area contributed by atoms with Gasteiger partial charge >= 0.3 is 0 Å². The van der Waals surface area contributed by atoms with Gasteiger partial charge in [-0.1, -0.05) is 24.3 Å². The van der Waals surface area contributed by atoms with E-state index in [2.05, 4.69) is 5.32 Å². The molecule has 144 valence electrons. The molecule has 0 fully saturated rings. The number of carbonyl (C=O) groups excluding carboxylic acids is 3. The van der Waals surface area contributed by atoms with E-state index in [9.17, 15) is 14.4 Å². The number of benzene rings is 3. The van der Waals surface area contributed by atoms with E-state index in [4.69, 9.17) is 4.74 Å². The van der Waals surface area contributed by atoms with Crippen LogP contribution in [0.2, 0.25) is 0 Å². The number of nitrogens with one attached hydrogen (secondary N) is 1. The molecule has 4 rings (SSSR count). The minimum absolute atomic E-state index is 0.180. The zero-order chi connectivity index (χ0) is 20.5. The van der Waals surface area contributed by atoms with Crippen molar-refractivity contribution in [2.24, 2.45) is 0 Å². The van der Waals surface area contributed by atoms with Crippen molar-refractivity contribution in [1.29, 1.82) is 0 Å². The van der Waals surface area contributed by atoms with Crippen LogP contribution in [0.25, 0.3) is 0 Å². The van der Waals surface area contributed by atoms with Crippen LogP contribution in [-0.4, -0.2) is 17.7 Å². The van der Waals surface area contributed by atoms with E-state index in [1.807, 2.05) is 19.1 Å². The molecule has 0 saturated carbocycles. The third-order valence-corrected chi connectivity index (χ3v) is 4.60. The number of nitrogens with zero attached hydrogens (tertiary/aromatic N) is 1. The molecule has 0 unspecified atom stereocenters. The van der Waals surface area contributed by atoms with Gasteiger partial charge in [0.15, 0.2) is 0 Å².